The van der Waals surface area contributed by atoms with Crippen molar-refractivity contribution in [1.29, 1.82) is 0 Å². The Hall–Kier alpha value is -0.280. The number of benzene rings is 1. The van der Waals surface area contributed by atoms with E-state index in [0.717, 1.165) is 25.1 Å². The molecule has 0 aliphatic heterocycles. The molecule has 17 heavy (non-hydrogen) atoms. The molecule has 0 aromatic heterocycles. The van der Waals surface area contributed by atoms with E-state index in [4.69, 9.17) is 28.9 Å². The molecule has 0 fully saturated rings. The zero-order valence-corrected chi connectivity index (χ0v) is 11.9. The highest BCUT2D eigenvalue weighted by Gasteiger charge is 2.21. The molecule has 1 rings (SSSR count). The van der Waals surface area contributed by atoms with Gasteiger partial charge in [0.25, 0.3) is 0 Å². The van der Waals surface area contributed by atoms with Crippen LogP contribution in [0.2, 0.25) is 10.0 Å². The summed E-state index contributed by atoms with van der Waals surface area (Å²) >= 11 is 12.5. The fourth-order valence-electron chi connectivity index (χ4n) is 2.10. The number of hydrogen-bond acceptors (Lipinski definition) is 2. The summed E-state index contributed by atoms with van der Waals surface area (Å²) in [5, 5.41) is 1.39. The molecule has 0 bridgehead atoms. The quantitative estimate of drug-likeness (QED) is 0.857. The number of hydrogen-bond donors (Lipinski definition) is 1. The Morgan fingerprint density at radius 1 is 1.24 bits per heavy atom. The Bertz CT molecular complexity index is 335. The minimum Gasteiger partial charge on any atom is -0.329 e. The fraction of sp³-hybridized carbons (Fsp3) is 0.538. The molecule has 0 saturated heterocycles. The number of nitrogens with zero attached hydrogens (tertiary/aromatic N) is 1. The molecule has 2 nitrogen and oxygen atoms in total. The third-order valence-corrected chi connectivity index (χ3v) is 3.57. The van der Waals surface area contributed by atoms with E-state index >= 15 is 0 Å². The maximum Gasteiger partial charge on any atom is 0.0499 e. The summed E-state index contributed by atoms with van der Waals surface area (Å²) in [6, 6.07) is 5.69. The van der Waals surface area contributed by atoms with Gasteiger partial charge in [-0.25, -0.2) is 0 Å². The third-order valence-electron chi connectivity index (χ3n) is 2.91. The summed E-state index contributed by atoms with van der Waals surface area (Å²) in [6.45, 7) is 6.75. The van der Waals surface area contributed by atoms with Crippen LogP contribution >= 0.6 is 23.2 Å². The molecule has 0 spiro atoms. The summed E-state index contributed by atoms with van der Waals surface area (Å²) in [7, 11) is 0. The molecule has 0 aliphatic carbocycles. The smallest absolute Gasteiger partial charge is 0.0499 e. The molecule has 1 aromatic rings. The standard InChI is InChI=1S/C13H20Cl2N2/c1-3-8-17(4-2)12(9-16)13-10(14)6-5-7-11(13)15/h5-7,12H,3-4,8-9,16H2,1-2H3. The Morgan fingerprint density at radius 2 is 1.82 bits per heavy atom. The van der Waals surface area contributed by atoms with Gasteiger partial charge in [-0.3, -0.25) is 4.90 Å². The van der Waals surface area contributed by atoms with Gasteiger partial charge in [0.2, 0.25) is 0 Å². The zero-order chi connectivity index (χ0) is 12.8. The van der Waals surface area contributed by atoms with Crippen molar-refractivity contribution >= 4 is 23.2 Å². The number of nitrogens with two attached hydrogens (primary N) is 1. The maximum atomic E-state index is 6.24. The lowest BCUT2D eigenvalue weighted by molar-refractivity contribution is 0.213. The first-order valence-electron chi connectivity index (χ1n) is 6.03. The van der Waals surface area contributed by atoms with Gasteiger partial charge in [-0.1, -0.05) is 43.1 Å². The lowest BCUT2D eigenvalue weighted by Crippen LogP contribution is -2.34. The van der Waals surface area contributed by atoms with E-state index < -0.39 is 0 Å². The van der Waals surface area contributed by atoms with E-state index in [2.05, 4.69) is 18.7 Å². The number of likely N-dealkylation sites (N-methyl/N-ethyl adjacent to an activating group) is 1. The van der Waals surface area contributed by atoms with Gasteiger partial charge in [0.05, 0.1) is 0 Å². The summed E-state index contributed by atoms with van der Waals surface area (Å²) < 4.78 is 0. The lowest BCUT2D eigenvalue weighted by Gasteiger charge is -2.31. The van der Waals surface area contributed by atoms with Crippen molar-refractivity contribution in [3.63, 3.8) is 0 Å². The van der Waals surface area contributed by atoms with E-state index in [1.807, 2.05) is 18.2 Å². The molecule has 1 atom stereocenters. The SMILES string of the molecule is CCCN(CC)C(CN)c1c(Cl)cccc1Cl. The van der Waals surface area contributed by atoms with Crippen LogP contribution in [0.25, 0.3) is 0 Å². The van der Waals surface area contributed by atoms with E-state index in [0.29, 0.717) is 16.6 Å². The lowest BCUT2D eigenvalue weighted by atomic mass is 10.0. The van der Waals surface area contributed by atoms with Crippen molar-refractivity contribution in [2.45, 2.75) is 26.3 Å². The number of halogens is 2. The molecule has 0 aliphatic rings. The average molecular weight is 275 g/mol. The van der Waals surface area contributed by atoms with Crippen LogP contribution in [0.15, 0.2) is 18.2 Å². The predicted molar refractivity (Wildman–Crippen MR) is 75.8 cm³/mol. The summed E-state index contributed by atoms with van der Waals surface area (Å²) in [4.78, 5) is 2.31. The minimum absolute atomic E-state index is 0.0983. The molecule has 96 valence electrons. The van der Waals surface area contributed by atoms with Crippen molar-refractivity contribution in [2.75, 3.05) is 19.6 Å². The third kappa shape index (κ3) is 3.59. The maximum absolute atomic E-state index is 6.24. The van der Waals surface area contributed by atoms with E-state index in [9.17, 15) is 0 Å². The fourth-order valence-corrected chi connectivity index (χ4v) is 2.75. The Labute approximate surface area is 114 Å². The molecular weight excluding hydrogens is 255 g/mol. The van der Waals surface area contributed by atoms with Gasteiger partial charge in [0, 0.05) is 28.2 Å². The van der Waals surface area contributed by atoms with Gasteiger partial charge in [-0.15, -0.1) is 0 Å². The monoisotopic (exact) mass is 274 g/mol. The highest BCUT2D eigenvalue weighted by Crippen LogP contribution is 2.33. The Balaban J connectivity index is 3.07. The van der Waals surface area contributed by atoms with Crippen LogP contribution < -0.4 is 5.73 Å². The largest absolute Gasteiger partial charge is 0.329 e. The molecule has 1 aromatic carbocycles. The highest BCUT2D eigenvalue weighted by atomic mass is 35.5. The molecule has 0 saturated carbocycles. The van der Waals surface area contributed by atoms with Crippen molar-refractivity contribution in [3.8, 4) is 0 Å². The number of rotatable bonds is 6. The van der Waals surface area contributed by atoms with Gasteiger partial charge in [0.1, 0.15) is 0 Å². The van der Waals surface area contributed by atoms with Crippen LogP contribution in [0.3, 0.4) is 0 Å². The first kappa shape index (κ1) is 14.8. The molecule has 4 heteroatoms. The molecule has 2 N–H and O–H groups in total. The second-order valence-corrected chi connectivity index (χ2v) is 4.83. The van der Waals surface area contributed by atoms with Gasteiger partial charge in [0.15, 0.2) is 0 Å². The second-order valence-electron chi connectivity index (χ2n) is 4.02. The minimum atomic E-state index is 0.0983. The van der Waals surface area contributed by atoms with Gasteiger partial charge in [-0.2, -0.15) is 0 Å². The molecule has 0 amide bonds. The van der Waals surface area contributed by atoms with Crippen LogP contribution in [-0.2, 0) is 0 Å². The summed E-state index contributed by atoms with van der Waals surface area (Å²) in [6.07, 6.45) is 1.09. The van der Waals surface area contributed by atoms with Crippen LogP contribution in [-0.4, -0.2) is 24.5 Å². The first-order valence-corrected chi connectivity index (χ1v) is 6.79. The average Bonchev–Trinajstić information content (AvgIpc) is 2.32. The van der Waals surface area contributed by atoms with Crippen LogP contribution in [0.4, 0.5) is 0 Å². The Kier molecular flexibility index (Phi) is 6.28. The molecule has 1 unspecified atom stereocenters. The van der Waals surface area contributed by atoms with Crippen molar-refractivity contribution in [3.05, 3.63) is 33.8 Å². The van der Waals surface area contributed by atoms with Crippen LogP contribution in [0, 0.1) is 0 Å². The summed E-state index contributed by atoms with van der Waals surface area (Å²) in [5.74, 6) is 0. The van der Waals surface area contributed by atoms with Crippen molar-refractivity contribution < 1.29 is 0 Å². The first-order chi connectivity index (χ1) is 8.15. The summed E-state index contributed by atoms with van der Waals surface area (Å²) in [5.41, 5.74) is 6.84. The zero-order valence-electron chi connectivity index (χ0n) is 10.4. The van der Waals surface area contributed by atoms with Gasteiger partial charge >= 0.3 is 0 Å². The molecule has 0 heterocycles. The van der Waals surface area contributed by atoms with Gasteiger partial charge in [-0.05, 0) is 31.6 Å². The van der Waals surface area contributed by atoms with E-state index in [1.54, 1.807) is 0 Å². The van der Waals surface area contributed by atoms with Crippen molar-refractivity contribution in [2.24, 2.45) is 5.73 Å². The topological polar surface area (TPSA) is 29.3 Å². The second kappa shape index (κ2) is 7.22. The van der Waals surface area contributed by atoms with Gasteiger partial charge < -0.3 is 5.73 Å². The van der Waals surface area contributed by atoms with E-state index in [-0.39, 0.29) is 6.04 Å². The predicted octanol–water partition coefficient (Wildman–Crippen LogP) is 3.73. The van der Waals surface area contributed by atoms with E-state index in [1.165, 1.54) is 0 Å². The van der Waals surface area contributed by atoms with Crippen LogP contribution in [0.5, 0.6) is 0 Å². The van der Waals surface area contributed by atoms with Crippen LogP contribution in [0.1, 0.15) is 31.9 Å². The highest BCUT2D eigenvalue weighted by molar-refractivity contribution is 6.36. The normalized spacial score (nSPS) is 13.1. The molecular formula is C13H20Cl2N2. The Morgan fingerprint density at radius 3 is 2.24 bits per heavy atom. The molecule has 0 radical (unpaired) electrons. The van der Waals surface area contributed by atoms with Crippen molar-refractivity contribution in [1.82, 2.24) is 4.90 Å².